The molecule has 2 saturated heterocycles. The van der Waals surface area contributed by atoms with E-state index in [0.717, 1.165) is 32.1 Å². The molecule has 3 fully saturated rings. The van der Waals surface area contributed by atoms with Crippen LogP contribution in [-0.2, 0) is 19.1 Å². The van der Waals surface area contributed by atoms with Gasteiger partial charge in [0.1, 0.15) is 11.6 Å². The quantitative estimate of drug-likeness (QED) is 0.556. The van der Waals surface area contributed by atoms with Gasteiger partial charge in [-0.2, -0.15) is 0 Å². The van der Waals surface area contributed by atoms with Gasteiger partial charge < -0.3 is 20.3 Å². The topological polar surface area (TPSA) is 87.7 Å². The second-order valence-electron chi connectivity index (χ2n) is 10.8. The zero-order valence-electron chi connectivity index (χ0n) is 20.3. The van der Waals surface area contributed by atoms with Gasteiger partial charge in [-0.15, -0.1) is 0 Å². The first kappa shape index (κ1) is 24.3. The Kier molecular flexibility index (Phi) is 6.66. The number of nitrogens with zero attached hydrogens (tertiary/aromatic N) is 1. The maximum absolute atomic E-state index is 13.8. The van der Waals surface area contributed by atoms with E-state index in [0.29, 0.717) is 23.2 Å². The molecule has 3 aliphatic heterocycles. The van der Waals surface area contributed by atoms with Crippen molar-refractivity contribution in [3.63, 3.8) is 0 Å². The van der Waals surface area contributed by atoms with E-state index in [9.17, 15) is 14.4 Å². The van der Waals surface area contributed by atoms with Gasteiger partial charge in [0.05, 0.1) is 17.9 Å². The third kappa shape index (κ3) is 4.38. The maximum Gasteiger partial charge on any atom is 0.246 e. The number of nitrogens with one attached hydrogen (secondary N) is 2. The van der Waals surface area contributed by atoms with E-state index in [1.807, 2.05) is 12.2 Å². The molecule has 3 heterocycles. The average Bonchev–Trinajstić information content (AvgIpc) is 3.47. The molecule has 1 saturated carbocycles. The molecule has 0 aromatic heterocycles. The van der Waals surface area contributed by atoms with E-state index in [1.165, 1.54) is 6.42 Å². The van der Waals surface area contributed by atoms with Crippen molar-refractivity contribution < 1.29 is 19.1 Å². The molecule has 8 heteroatoms. The summed E-state index contributed by atoms with van der Waals surface area (Å²) in [5.41, 5.74) is -0.506. The molecule has 5 atom stereocenters. The summed E-state index contributed by atoms with van der Waals surface area (Å²) >= 11 is 5.97. The summed E-state index contributed by atoms with van der Waals surface area (Å²) in [6.07, 6.45) is 9.27. The SMILES string of the molecule is CC(C)CCN1C(=O)[C@H]2[C@H](C(=O)Nc3ccc(Cl)cc3)[C@H]3C=C[C@@]2(O3)[C@@H]1C(=O)NC1CCCCC1. The predicted molar refractivity (Wildman–Crippen MR) is 134 cm³/mol. The number of fused-ring (bicyclic) bond motifs is 1. The molecule has 1 aliphatic carbocycles. The Morgan fingerprint density at radius 1 is 1.14 bits per heavy atom. The van der Waals surface area contributed by atoms with Crippen molar-refractivity contribution in [3.05, 3.63) is 41.4 Å². The van der Waals surface area contributed by atoms with Crippen LogP contribution in [0.5, 0.6) is 0 Å². The first-order chi connectivity index (χ1) is 16.8. The highest BCUT2D eigenvalue weighted by atomic mass is 35.5. The molecule has 188 valence electrons. The van der Waals surface area contributed by atoms with Gasteiger partial charge in [0.2, 0.25) is 17.7 Å². The lowest BCUT2D eigenvalue weighted by atomic mass is 9.74. The van der Waals surface area contributed by atoms with E-state index in [-0.39, 0.29) is 23.8 Å². The lowest BCUT2D eigenvalue weighted by Gasteiger charge is -2.34. The van der Waals surface area contributed by atoms with Crippen LogP contribution in [0, 0.1) is 17.8 Å². The van der Waals surface area contributed by atoms with Crippen molar-refractivity contribution in [2.75, 3.05) is 11.9 Å². The van der Waals surface area contributed by atoms with Gasteiger partial charge in [-0.1, -0.05) is 56.9 Å². The normalized spacial score (nSPS) is 31.8. The lowest BCUT2D eigenvalue weighted by Crippen LogP contribution is -2.56. The number of carbonyl (C=O) groups is 3. The second-order valence-corrected chi connectivity index (χ2v) is 11.2. The van der Waals surface area contributed by atoms with Crippen LogP contribution < -0.4 is 10.6 Å². The second kappa shape index (κ2) is 9.58. The van der Waals surface area contributed by atoms with E-state index in [1.54, 1.807) is 29.2 Å². The fourth-order valence-electron chi connectivity index (χ4n) is 6.19. The molecule has 1 spiro atoms. The summed E-state index contributed by atoms with van der Waals surface area (Å²) < 4.78 is 6.39. The van der Waals surface area contributed by atoms with Crippen molar-refractivity contribution in [2.45, 2.75) is 76.2 Å². The van der Waals surface area contributed by atoms with Crippen LogP contribution in [0.15, 0.2) is 36.4 Å². The van der Waals surface area contributed by atoms with Crippen molar-refractivity contribution >= 4 is 35.0 Å². The molecule has 7 nitrogen and oxygen atoms in total. The zero-order valence-corrected chi connectivity index (χ0v) is 21.1. The van der Waals surface area contributed by atoms with E-state index >= 15 is 0 Å². The van der Waals surface area contributed by atoms with Crippen molar-refractivity contribution in [1.82, 2.24) is 10.2 Å². The zero-order chi connectivity index (χ0) is 24.7. The predicted octanol–water partition coefficient (Wildman–Crippen LogP) is 3.92. The Morgan fingerprint density at radius 3 is 2.54 bits per heavy atom. The Labute approximate surface area is 211 Å². The maximum atomic E-state index is 13.8. The van der Waals surface area contributed by atoms with E-state index in [2.05, 4.69) is 24.5 Å². The minimum Gasteiger partial charge on any atom is -0.359 e. The smallest absolute Gasteiger partial charge is 0.246 e. The van der Waals surface area contributed by atoms with Crippen LogP contribution in [0.25, 0.3) is 0 Å². The van der Waals surface area contributed by atoms with Crippen LogP contribution in [-0.4, -0.2) is 53.0 Å². The Hall–Kier alpha value is -2.38. The molecule has 1 aromatic rings. The monoisotopic (exact) mass is 499 g/mol. The van der Waals surface area contributed by atoms with Crippen LogP contribution in [0.2, 0.25) is 5.02 Å². The highest BCUT2D eigenvalue weighted by molar-refractivity contribution is 6.30. The number of anilines is 1. The number of carbonyl (C=O) groups excluding carboxylic acids is 3. The molecule has 0 radical (unpaired) electrons. The number of halogens is 1. The van der Waals surface area contributed by atoms with E-state index < -0.39 is 29.6 Å². The van der Waals surface area contributed by atoms with Gasteiger partial charge in [0, 0.05) is 23.3 Å². The van der Waals surface area contributed by atoms with Gasteiger partial charge >= 0.3 is 0 Å². The summed E-state index contributed by atoms with van der Waals surface area (Å²) in [7, 11) is 0. The molecule has 35 heavy (non-hydrogen) atoms. The Balaban J connectivity index is 1.42. The average molecular weight is 500 g/mol. The molecule has 3 amide bonds. The molecule has 4 aliphatic rings. The number of rotatable bonds is 7. The third-order valence-electron chi connectivity index (χ3n) is 7.94. The highest BCUT2D eigenvalue weighted by Gasteiger charge is 2.72. The first-order valence-electron chi connectivity index (χ1n) is 12.8. The van der Waals surface area contributed by atoms with Gasteiger partial charge in [-0.3, -0.25) is 14.4 Å². The number of likely N-dealkylation sites (tertiary alicyclic amines) is 1. The number of ether oxygens (including phenoxy) is 1. The summed E-state index contributed by atoms with van der Waals surface area (Å²) in [6.45, 7) is 4.66. The standard InChI is InChI=1S/C27H34ClN3O4/c1-16(2)13-15-31-23(25(33)30-18-6-4-3-5-7-18)27-14-12-20(35-27)21(22(27)26(31)34)24(32)29-19-10-8-17(28)9-11-19/h8-12,14,16,18,20-23H,3-7,13,15H2,1-2H3,(H,29,32)(H,30,33)/t20-,21-,22-,23+,27+/m1/s1. The first-order valence-corrected chi connectivity index (χ1v) is 13.2. The van der Waals surface area contributed by atoms with Crippen molar-refractivity contribution in [1.29, 1.82) is 0 Å². The van der Waals surface area contributed by atoms with Crippen LogP contribution in [0.3, 0.4) is 0 Å². The van der Waals surface area contributed by atoms with Crippen molar-refractivity contribution in [2.24, 2.45) is 17.8 Å². The number of benzene rings is 1. The summed E-state index contributed by atoms with van der Waals surface area (Å²) in [5, 5.41) is 6.71. The molecule has 2 bridgehead atoms. The Bertz CT molecular complexity index is 1020. The number of amides is 3. The summed E-state index contributed by atoms with van der Waals surface area (Å²) in [6, 6.07) is 6.22. The molecule has 0 unspecified atom stereocenters. The lowest BCUT2D eigenvalue weighted by molar-refractivity contribution is -0.141. The minimum atomic E-state index is -1.11. The van der Waals surface area contributed by atoms with Gasteiger partial charge in [-0.25, -0.2) is 0 Å². The highest BCUT2D eigenvalue weighted by Crippen LogP contribution is 2.55. The Morgan fingerprint density at radius 2 is 1.86 bits per heavy atom. The van der Waals surface area contributed by atoms with E-state index in [4.69, 9.17) is 16.3 Å². The van der Waals surface area contributed by atoms with Crippen LogP contribution in [0.1, 0.15) is 52.4 Å². The molecule has 1 aromatic carbocycles. The van der Waals surface area contributed by atoms with Gasteiger partial charge in [0.15, 0.2) is 0 Å². The minimum absolute atomic E-state index is 0.125. The summed E-state index contributed by atoms with van der Waals surface area (Å²) in [4.78, 5) is 42.6. The fourth-order valence-corrected chi connectivity index (χ4v) is 6.32. The number of hydrogen-bond acceptors (Lipinski definition) is 4. The fraction of sp³-hybridized carbons (Fsp3) is 0.593. The molecule has 5 rings (SSSR count). The summed E-state index contributed by atoms with van der Waals surface area (Å²) in [5.74, 6) is -1.66. The van der Waals surface area contributed by atoms with Gasteiger partial charge in [0.25, 0.3) is 0 Å². The van der Waals surface area contributed by atoms with Crippen LogP contribution >= 0.6 is 11.6 Å². The van der Waals surface area contributed by atoms with Gasteiger partial charge in [-0.05, 0) is 49.4 Å². The molecular weight excluding hydrogens is 466 g/mol. The largest absolute Gasteiger partial charge is 0.359 e. The molecular formula is C27H34ClN3O4. The van der Waals surface area contributed by atoms with Crippen molar-refractivity contribution in [3.8, 4) is 0 Å². The molecule has 2 N–H and O–H groups in total. The third-order valence-corrected chi connectivity index (χ3v) is 8.19. The van der Waals surface area contributed by atoms with Crippen LogP contribution in [0.4, 0.5) is 5.69 Å². The number of hydrogen-bond donors (Lipinski definition) is 2.